The van der Waals surface area contributed by atoms with Crippen LogP contribution in [0.5, 0.6) is 0 Å². The molecule has 2 nitrogen and oxygen atoms in total. The van der Waals surface area contributed by atoms with Gasteiger partial charge in [0.15, 0.2) is 11.6 Å². The molecule has 1 aliphatic carbocycles. The molecular weight excluding hydrogens is 172 g/mol. The second-order valence-electron chi connectivity index (χ2n) is 2.22. The fraction of sp³-hybridized carbons (Fsp3) is 0.333. The normalized spacial score (nSPS) is 13.8. The largest absolute Gasteiger partial charge is 0.294 e. The molecule has 12 heavy (non-hydrogen) atoms. The van der Waals surface area contributed by atoms with Crippen LogP contribution in [0.25, 0.3) is 0 Å². The first-order valence-electron chi connectivity index (χ1n) is 3.91. The van der Waals surface area contributed by atoms with Crippen LogP contribution in [0.4, 0.5) is 0 Å². The molecule has 0 spiro atoms. The van der Waals surface area contributed by atoms with E-state index in [1.165, 1.54) is 11.3 Å². The number of Topliss-reactive ketones (excluding diaryl/α,β-unsaturated/α-hetero) is 2. The molecule has 1 heterocycles. The number of rotatable bonds is 0. The standard InChI is InChI=1S/C7H4O2S.C2H6/c8-6-1-7(9)5-3-10-2-4(5)6;1-2/h2-3H,1H2;1-2H3. The van der Waals surface area contributed by atoms with Gasteiger partial charge in [0.25, 0.3) is 0 Å². The number of hydrogen-bond donors (Lipinski definition) is 0. The smallest absolute Gasteiger partial charge is 0.172 e. The van der Waals surface area contributed by atoms with Gasteiger partial charge in [-0.25, -0.2) is 0 Å². The van der Waals surface area contributed by atoms with Crippen molar-refractivity contribution in [3.8, 4) is 0 Å². The van der Waals surface area contributed by atoms with Crippen LogP contribution < -0.4 is 0 Å². The second kappa shape index (κ2) is 3.63. The quantitative estimate of drug-likeness (QED) is 0.578. The van der Waals surface area contributed by atoms with Crippen LogP contribution in [0, 0.1) is 0 Å². The summed E-state index contributed by atoms with van der Waals surface area (Å²) in [5.74, 6) is -0.0532. The van der Waals surface area contributed by atoms with Crippen molar-refractivity contribution in [2.75, 3.05) is 0 Å². The summed E-state index contributed by atoms with van der Waals surface area (Å²) in [6.45, 7) is 4.00. The number of carbonyl (C=O) groups is 2. The number of ketones is 2. The van der Waals surface area contributed by atoms with Gasteiger partial charge in [0, 0.05) is 21.9 Å². The number of thiophene rings is 1. The Bertz CT molecular complexity index is 284. The van der Waals surface area contributed by atoms with E-state index in [1.54, 1.807) is 10.8 Å². The van der Waals surface area contributed by atoms with E-state index in [4.69, 9.17) is 0 Å². The van der Waals surface area contributed by atoms with Gasteiger partial charge in [-0.1, -0.05) is 13.8 Å². The monoisotopic (exact) mass is 182 g/mol. The lowest BCUT2D eigenvalue weighted by molar-refractivity contribution is 0.0923. The van der Waals surface area contributed by atoms with Crippen LogP contribution >= 0.6 is 11.3 Å². The molecule has 0 radical (unpaired) electrons. The van der Waals surface area contributed by atoms with Crippen LogP contribution in [0.3, 0.4) is 0 Å². The van der Waals surface area contributed by atoms with E-state index < -0.39 is 0 Å². The molecule has 64 valence electrons. The highest BCUT2D eigenvalue weighted by Gasteiger charge is 2.27. The Balaban J connectivity index is 0.000000336. The van der Waals surface area contributed by atoms with E-state index in [0.29, 0.717) is 11.1 Å². The lowest BCUT2D eigenvalue weighted by Crippen LogP contribution is -1.91. The summed E-state index contributed by atoms with van der Waals surface area (Å²) < 4.78 is 0. The molecule has 1 aromatic heterocycles. The Hall–Kier alpha value is -0.960. The van der Waals surface area contributed by atoms with Gasteiger partial charge in [0.05, 0.1) is 6.42 Å². The Labute approximate surface area is 75.2 Å². The third-order valence-corrected chi connectivity index (χ3v) is 2.33. The zero-order chi connectivity index (χ0) is 9.14. The molecule has 0 aliphatic heterocycles. The molecule has 0 aromatic carbocycles. The van der Waals surface area contributed by atoms with Crippen molar-refractivity contribution in [3.63, 3.8) is 0 Å². The average Bonchev–Trinajstić information content (AvgIpc) is 2.62. The van der Waals surface area contributed by atoms with E-state index in [9.17, 15) is 9.59 Å². The summed E-state index contributed by atoms with van der Waals surface area (Å²) in [7, 11) is 0. The summed E-state index contributed by atoms with van der Waals surface area (Å²) in [6, 6.07) is 0. The summed E-state index contributed by atoms with van der Waals surface area (Å²) in [5, 5.41) is 3.48. The summed E-state index contributed by atoms with van der Waals surface area (Å²) in [4.78, 5) is 21.8. The van der Waals surface area contributed by atoms with Gasteiger partial charge < -0.3 is 0 Å². The van der Waals surface area contributed by atoms with Gasteiger partial charge in [-0.2, -0.15) is 11.3 Å². The van der Waals surface area contributed by atoms with Gasteiger partial charge in [-0.15, -0.1) is 0 Å². The topological polar surface area (TPSA) is 34.1 Å². The maximum atomic E-state index is 10.9. The van der Waals surface area contributed by atoms with Crippen LogP contribution in [0.15, 0.2) is 10.8 Å². The van der Waals surface area contributed by atoms with Crippen molar-refractivity contribution in [2.24, 2.45) is 0 Å². The summed E-state index contributed by atoms with van der Waals surface area (Å²) in [5.41, 5.74) is 1.24. The van der Waals surface area contributed by atoms with Gasteiger partial charge in [0.1, 0.15) is 0 Å². The first kappa shape index (κ1) is 9.13. The molecule has 0 saturated carbocycles. The molecular formula is C9H10O2S. The third kappa shape index (κ3) is 1.32. The first-order valence-corrected chi connectivity index (χ1v) is 4.86. The number of hydrogen-bond acceptors (Lipinski definition) is 3. The van der Waals surface area contributed by atoms with E-state index in [-0.39, 0.29) is 18.0 Å². The van der Waals surface area contributed by atoms with Crippen molar-refractivity contribution in [3.05, 3.63) is 21.9 Å². The highest BCUT2D eigenvalue weighted by Crippen LogP contribution is 2.24. The lowest BCUT2D eigenvalue weighted by atomic mass is 10.2. The molecule has 3 heteroatoms. The van der Waals surface area contributed by atoms with Crippen LogP contribution in [0.1, 0.15) is 41.0 Å². The average molecular weight is 182 g/mol. The minimum absolute atomic E-state index is 0.0266. The minimum atomic E-state index is -0.0266. The van der Waals surface area contributed by atoms with Crippen molar-refractivity contribution < 1.29 is 9.59 Å². The molecule has 2 rings (SSSR count). The molecule has 0 unspecified atom stereocenters. The summed E-state index contributed by atoms with van der Waals surface area (Å²) >= 11 is 1.41. The fourth-order valence-corrected chi connectivity index (χ4v) is 1.92. The van der Waals surface area contributed by atoms with E-state index in [0.717, 1.165) is 0 Å². The zero-order valence-electron chi connectivity index (χ0n) is 7.09. The van der Waals surface area contributed by atoms with Crippen LogP contribution in [-0.4, -0.2) is 11.6 Å². The Kier molecular flexibility index (Phi) is 2.76. The molecule has 0 bridgehead atoms. The maximum Gasteiger partial charge on any atom is 0.172 e. The van der Waals surface area contributed by atoms with Crippen LogP contribution in [0.2, 0.25) is 0 Å². The highest BCUT2D eigenvalue weighted by molar-refractivity contribution is 7.08. The predicted molar refractivity (Wildman–Crippen MR) is 48.9 cm³/mol. The minimum Gasteiger partial charge on any atom is -0.294 e. The third-order valence-electron chi connectivity index (χ3n) is 1.58. The Morgan fingerprint density at radius 2 is 1.50 bits per heavy atom. The van der Waals surface area contributed by atoms with E-state index >= 15 is 0 Å². The number of fused-ring (bicyclic) bond motifs is 1. The molecule has 1 aliphatic rings. The fourth-order valence-electron chi connectivity index (χ4n) is 1.07. The predicted octanol–water partition coefficient (Wildman–Crippen LogP) is 2.54. The SMILES string of the molecule is CC.O=C1CC(=O)c2cscc21. The van der Waals surface area contributed by atoms with Crippen molar-refractivity contribution in [1.29, 1.82) is 0 Å². The molecule has 0 saturated heterocycles. The van der Waals surface area contributed by atoms with Gasteiger partial charge in [-0.05, 0) is 0 Å². The van der Waals surface area contributed by atoms with E-state index in [1.807, 2.05) is 13.8 Å². The molecule has 0 amide bonds. The molecule has 1 aromatic rings. The summed E-state index contributed by atoms with van der Waals surface area (Å²) in [6.07, 6.45) is 0.0816. The molecule has 0 atom stereocenters. The first-order chi connectivity index (χ1) is 5.79. The van der Waals surface area contributed by atoms with Crippen molar-refractivity contribution >= 4 is 22.9 Å². The zero-order valence-corrected chi connectivity index (χ0v) is 7.90. The second-order valence-corrected chi connectivity index (χ2v) is 2.97. The van der Waals surface area contributed by atoms with Crippen molar-refractivity contribution in [1.82, 2.24) is 0 Å². The Morgan fingerprint density at radius 1 is 1.08 bits per heavy atom. The molecule has 0 fully saturated rings. The van der Waals surface area contributed by atoms with E-state index in [2.05, 4.69) is 0 Å². The Morgan fingerprint density at radius 3 is 1.92 bits per heavy atom. The van der Waals surface area contributed by atoms with Gasteiger partial charge in [0.2, 0.25) is 0 Å². The maximum absolute atomic E-state index is 10.9. The van der Waals surface area contributed by atoms with Crippen LogP contribution in [-0.2, 0) is 0 Å². The molecule has 0 N–H and O–H groups in total. The lowest BCUT2D eigenvalue weighted by Gasteiger charge is -1.77. The van der Waals surface area contributed by atoms with Gasteiger partial charge in [-0.3, -0.25) is 9.59 Å². The number of carbonyl (C=O) groups excluding carboxylic acids is 2. The van der Waals surface area contributed by atoms with Crippen molar-refractivity contribution in [2.45, 2.75) is 20.3 Å². The highest BCUT2D eigenvalue weighted by atomic mass is 32.1. The van der Waals surface area contributed by atoms with Gasteiger partial charge >= 0.3 is 0 Å².